The number of aliphatic hydroxyl groups excluding tert-OH is 1. The Bertz CT molecular complexity index is 1040. The average molecular weight is 403 g/mol. The summed E-state index contributed by atoms with van der Waals surface area (Å²) in [6.07, 6.45) is 6.05. The number of para-hydroxylation sites is 1. The van der Waals surface area contributed by atoms with Gasteiger partial charge in [-0.3, -0.25) is 9.88 Å². The molecule has 0 unspecified atom stereocenters. The second-order valence-corrected chi connectivity index (χ2v) is 8.73. The van der Waals surface area contributed by atoms with Crippen molar-refractivity contribution in [1.82, 2.24) is 9.88 Å². The number of β-amino-alcohol motifs (C(OH)–C–C–N with tert-alkyl or cyclic N) is 1. The van der Waals surface area contributed by atoms with Crippen LogP contribution in [0.2, 0.25) is 0 Å². The minimum absolute atomic E-state index is 0.237. The van der Waals surface area contributed by atoms with Crippen molar-refractivity contribution in [2.75, 3.05) is 19.7 Å². The second kappa shape index (κ2) is 8.37. The van der Waals surface area contributed by atoms with Gasteiger partial charge in [0.25, 0.3) is 0 Å². The van der Waals surface area contributed by atoms with Crippen LogP contribution in [-0.2, 0) is 25.8 Å². The summed E-state index contributed by atoms with van der Waals surface area (Å²) < 4.78 is 5.97. The quantitative estimate of drug-likeness (QED) is 0.673. The van der Waals surface area contributed by atoms with Gasteiger partial charge in [-0.1, -0.05) is 24.3 Å². The molecule has 1 N–H and O–H groups in total. The van der Waals surface area contributed by atoms with E-state index in [0.29, 0.717) is 6.61 Å². The van der Waals surface area contributed by atoms with Crippen LogP contribution in [0.5, 0.6) is 5.75 Å². The Hall–Kier alpha value is -2.43. The Labute approximate surface area is 178 Å². The standard InChI is InChI=1S/C26H30N2O2/c1-2-30-26-14-19-7-5-6-18(19)12-22(26)16-28-15-21(25(29)17-28)13-20-10-11-27-24-9-4-3-8-23(20)24/h3-4,8-12,14,21,25,29H,2,5-7,13,15-17H2,1H3/t21-,25+/m1/s1. The molecule has 4 nitrogen and oxygen atoms in total. The minimum Gasteiger partial charge on any atom is -0.494 e. The van der Waals surface area contributed by atoms with Gasteiger partial charge in [0.05, 0.1) is 18.2 Å². The number of aryl methyl sites for hydroxylation is 2. The van der Waals surface area contributed by atoms with E-state index in [-0.39, 0.29) is 12.0 Å². The van der Waals surface area contributed by atoms with E-state index in [9.17, 15) is 5.11 Å². The van der Waals surface area contributed by atoms with Crippen molar-refractivity contribution in [3.05, 3.63) is 70.9 Å². The van der Waals surface area contributed by atoms with Crippen LogP contribution in [-0.4, -0.2) is 40.8 Å². The maximum Gasteiger partial charge on any atom is 0.124 e. The molecule has 1 aliphatic heterocycles. The molecule has 2 atom stereocenters. The molecule has 156 valence electrons. The van der Waals surface area contributed by atoms with Gasteiger partial charge < -0.3 is 9.84 Å². The molecule has 3 aromatic rings. The van der Waals surface area contributed by atoms with Crippen molar-refractivity contribution >= 4 is 10.9 Å². The number of hydrogen-bond donors (Lipinski definition) is 1. The van der Waals surface area contributed by atoms with E-state index in [1.165, 1.54) is 46.9 Å². The molecule has 1 aromatic heterocycles. The number of likely N-dealkylation sites (tertiary alicyclic amines) is 1. The largest absolute Gasteiger partial charge is 0.494 e. The van der Waals surface area contributed by atoms with Gasteiger partial charge in [-0.05, 0) is 67.5 Å². The van der Waals surface area contributed by atoms with Crippen LogP contribution in [0.25, 0.3) is 10.9 Å². The normalized spacial score (nSPS) is 21.3. The van der Waals surface area contributed by atoms with Gasteiger partial charge in [-0.2, -0.15) is 0 Å². The number of rotatable bonds is 6. The van der Waals surface area contributed by atoms with Crippen molar-refractivity contribution in [3.63, 3.8) is 0 Å². The monoisotopic (exact) mass is 402 g/mol. The molecule has 4 heteroatoms. The topological polar surface area (TPSA) is 45.6 Å². The molecule has 1 saturated heterocycles. The molecule has 30 heavy (non-hydrogen) atoms. The third-order valence-electron chi connectivity index (χ3n) is 6.67. The summed E-state index contributed by atoms with van der Waals surface area (Å²) in [6, 6.07) is 15.0. The SMILES string of the molecule is CCOc1cc2c(cc1CN1C[C@@H](Cc3ccnc4ccccc34)[C@@H](O)C1)CCC2. The fourth-order valence-electron chi connectivity index (χ4n) is 5.19. The van der Waals surface area contributed by atoms with Gasteiger partial charge in [0.2, 0.25) is 0 Å². The molecule has 1 aliphatic carbocycles. The highest BCUT2D eigenvalue weighted by molar-refractivity contribution is 5.81. The van der Waals surface area contributed by atoms with Crippen LogP contribution in [0.15, 0.2) is 48.7 Å². The zero-order chi connectivity index (χ0) is 20.5. The Kier molecular flexibility index (Phi) is 5.45. The molecule has 0 radical (unpaired) electrons. The molecule has 2 aromatic carbocycles. The lowest BCUT2D eigenvalue weighted by Gasteiger charge is -2.19. The van der Waals surface area contributed by atoms with Gasteiger partial charge in [0.1, 0.15) is 5.75 Å². The van der Waals surface area contributed by atoms with Crippen LogP contribution < -0.4 is 4.74 Å². The summed E-state index contributed by atoms with van der Waals surface area (Å²) in [7, 11) is 0. The van der Waals surface area contributed by atoms with Gasteiger partial charge >= 0.3 is 0 Å². The predicted molar refractivity (Wildman–Crippen MR) is 120 cm³/mol. The first-order chi connectivity index (χ1) is 14.7. The Morgan fingerprint density at radius 1 is 1.07 bits per heavy atom. The van der Waals surface area contributed by atoms with E-state index in [4.69, 9.17) is 4.74 Å². The lowest BCUT2D eigenvalue weighted by atomic mass is 9.94. The van der Waals surface area contributed by atoms with Crippen molar-refractivity contribution in [2.45, 2.75) is 45.3 Å². The van der Waals surface area contributed by atoms with Crippen molar-refractivity contribution < 1.29 is 9.84 Å². The van der Waals surface area contributed by atoms with Crippen LogP contribution in [0, 0.1) is 5.92 Å². The van der Waals surface area contributed by atoms with Crippen LogP contribution >= 0.6 is 0 Å². The predicted octanol–water partition coefficient (Wildman–Crippen LogP) is 4.16. The first-order valence-corrected chi connectivity index (χ1v) is 11.2. The summed E-state index contributed by atoms with van der Waals surface area (Å²) in [4.78, 5) is 6.86. The van der Waals surface area contributed by atoms with Gasteiger partial charge in [0, 0.05) is 42.7 Å². The maximum atomic E-state index is 10.8. The van der Waals surface area contributed by atoms with E-state index < -0.39 is 0 Å². The number of fused-ring (bicyclic) bond motifs is 2. The molecule has 0 bridgehead atoms. The highest BCUT2D eigenvalue weighted by atomic mass is 16.5. The number of pyridine rings is 1. The number of hydrogen-bond acceptors (Lipinski definition) is 4. The maximum absolute atomic E-state index is 10.8. The van der Waals surface area contributed by atoms with Gasteiger partial charge in [-0.25, -0.2) is 0 Å². The summed E-state index contributed by atoms with van der Waals surface area (Å²) in [5, 5.41) is 12.0. The van der Waals surface area contributed by atoms with Gasteiger partial charge in [0.15, 0.2) is 0 Å². The minimum atomic E-state index is -0.304. The number of aromatic nitrogens is 1. The number of benzene rings is 2. The number of nitrogens with zero attached hydrogens (tertiary/aromatic N) is 2. The van der Waals surface area contributed by atoms with Crippen molar-refractivity contribution in [1.29, 1.82) is 0 Å². The zero-order valence-corrected chi connectivity index (χ0v) is 17.7. The molecule has 0 amide bonds. The highest BCUT2D eigenvalue weighted by Gasteiger charge is 2.32. The van der Waals surface area contributed by atoms with E-state index in [1.54, 1.807) is 0 Å². The first kappa shape index (κ1) is 19.5. The number of ether oxygens (including phenoxy) is 1. The summed E-state index contributed by atoms with van der Waals surface area (Å²) in [5.41, 5.74) is 6.50. The second-order valence-electron chi connectivity index (χ2n) is 8.73. The van der Waals surface area contributed by atoms with Crippen LogP contribution in [0.3, 0.4) is 0 Å². The van der Waals surface area contributed by atoms with E-state index in [0.717, 1.165) is 37.3 Å². The summed E-state index contributed by atoms with van der Waals surface area (Å²) in [5.74, 6) is 1.26. The van der Waals surface area contributed by atoms with E-state index >= 15 is 0 Å². The third-order valence-corrected chi connectivity index (χ3v) is 6.67. The fraction of sp³-hybridized carbons (Fsp3) is 0.423. The lowest BCUT2D eigenvalue weighted by molar-refractivity contribution is 0.141. The smallest absolute Gasteiger partial charge is 0.124 e. The molecule has 1 fully saturated rings. The first-order valence-electron chi connectivity index (χ1n) is 11.2. The molecule has 0 spiro atoms. The molecule has 0 saturated carbocycles. The van der Waals surface area contributed by atoms with Crippen LogP contribution in [0.1, 0.15) is 35.6 Å². The Morgan fingerprint density at radius 2 is 1.90 bits per heavy atom. The lowest BCUT2D eigenvalue weighted by Crippen LogP contribution is -2.22. The van der Waals surface area contributed by atoms with Crippen LogP contribution in [0.4, 0.5) is 0 Å². The average Bonchev–Trinajstić information content (AvgIpc) is 3.34. The number of aliphatic hydroxyl groups is 1. The fourth-order valence-corrected chi connectivity index (χ4v) is 5.19. The van der Waals surface area contributed by atoms with Gasteiger partial charge in [-0.15, -0.1) is 0 Å². The van der Waals surface area contributed by atoms with E-state index in [2.05, 4.69) is 46.3 Å². The Balaban J connectivity index is 1.33. The summed E-state index contributed by atoms with van der Waals surface area (Å²) in [6.45, 7) is 5.20. The molecular formula is C26H30N2O2. The third kappa shape index (κ3) is 3.82. The van der Waals surface area contributed by atoms with Crippen molar-refractivity contribution in [3.8, 4) is 5.75 Å². The zero-order valence-electron chi connectivity index (χ0n) is 17.7. The van der Waals surface area contributed by atoms with E-state index in [1.807, 2.05) is 19.2 Å². The molecule has 2 aliphatic rings. The summed E-state index contributed by atoms with van der Waals surface area (Å²) >= 11 is 0. The molecule has 5 rings (SSSR count). The Morgan fingerprint density at radius 3 is 2.77 bits per heavy atom. The van der Waals surface area contributed by atoms with Crippen molar-refractivity contribution in [2.24, 2.45) is 5.92 Å². The highest BCUT2D eigenvalue weighted by Crippen LogP contribution is 2.33. The molecule has 2 heterocycles. The molecular weight excluding hydrogens is 372 g/mol.